The number of ether oxygens (including phenoxy) is 2. The third kappa shape index (κ3) is 5.08. The van der Waals surface area contributed by atoms with Gasteiger partial charge in [-0.2, -0.15) is 0 Å². The van der Waals surface area contributed by atoms with E-state index in [0.717, 1.165) is 13.8 Å². The SMILES string of the molecule is C#C[SiH](C(C)=O)C(=O)C(OC(C)=O)OC(C)=O. The normalized spacial score (nSPS) is 11.2. The Morgan fingerprint density at radius 3 is 1.71 bits per heavy atom. The predicted octanol–water partition coefficient (Wildman–Crippen LogP) is -0.925. The fourth-order valence-corrected chi connectivity index (χ4v) is 2.19. The molecule has 0 aliphatic rings. The highest BCUT2D eigenvalue weighted by Gasteiger charge is 2.35. The third-order valence-electron chi connectivity index (χ3n) is 1.64. The molecule has 0 saturated carbocycles. The zero-order chi connectivity index (χ0) is 13.6. The van der Waals surface area contributed by atoms with Gasteiger partial charge in [0.05, 0.1) is 0 Å². The van der Waals surface area contributed by atoms with Crippen molar-refractivity contribution in [2.45, 2.75) is 27.1 Å². The van der Waals surface area contributed by atoms with Gasteiger partial charge in [-0.1, -0.05) is 0 Å². The summed E-state index contributed by atoms with van der Waals surface area (Å²) in [6.45, 7) is 3.27. The average molecular weight is 256 g/mol. The Morgan fingerprint density at radius 1 is 1.06 bits per heavy atom. The topological polar surface area (TPSA) is 86.7 Å². The number of hydrogen-bond acceptors (Lipinski definition) is 6. The first-order chi connectivity index (χ1) is 7.79. The van der Waals surface area contributed by atoms with Gasteiger partial charge in [0.1, 0.15) is 5.41 Å². The monoisotopic (exact) mass is 256 g/mol. The van der Waals surface area contributed by atoms with Crippen LogP contribution in [-0.2, 0) is 28.7 Å². The van der Waals surface area contributed by atoms with Crippen LogP contribution >= 0.6 is 0 Å². The van der Waals surface area contributed by atoms with Crippen molar-refractivity contribution in [1.29, 1.82) is 0 Å². The Balaban J connectivity index is 4.97. The minimum absolute atomic E-state index is 0.457. The van der Waals surface area contributed by atoms with Gasteiger partial charge in [0, 0.05) is 13.8 Å². The molecule has 6 nitrogen and oxygen atoms in total. The van der Waals surface area contributed by atoms with E-state index in [2.05, 4.69) is 15.0 Å². The van der Waals surface area contributed by atoms with Crippen molar-refractivity contribution in [2.75, 3.05) is 0 Å². The van der Waals surface area contributed by atoms with E-state index in [-0.39, 0.29) is 0 Å². The summed E-state index contributed by atoms with van der Waals surface area (Å²) < 4.78 is 9.02. The minimum atomic E-state index is -2.86. The van der Waals surface area contributed by atoms with E-state index >= 15 is 0 Å². The van der Waals surface area contributed by atoms with Crippen LogP contribution in [0.1, 0.15) is 20.8 Å². The summed E-state index contributed by atoms with van der Waals surface area (Å²) in [5, 5.41) is -1.27. The molecule has 0 aromatic carbocycles. The molecule has 0 heterocycles. The summed E-state index contributed by atoms with van der Waals surface area (Å²) in [6, 6.07) is 0. The van der Waals surface area contributed by atoms with Crippen LogP contribution in [0.5, 0.6) is 0 Å². The summed E-state index contributed by atoms with van der Waals surface area (Å²) in [4.78, 5) is 44.3. The van der Waals surface area contributed by atoms with E-state index < -0.39 is 37.8 Å². The van der Waals surface area contributed by atoms with Crippen molar-refractivity contribution in [3.05, 3.63) is 0 Å². The number of hydrogen-bond donors (Lipinski definition) is 0. The standard InChI is InChI=1S/C10H12O6Si/c1-5-17(8(4)13)9(14)10(15-6(2)11)16-7(3)12/h1,10,17H,2-4H3. The van der Waals surface area contributed by atoms with Gasteiger partial charge in [0.25, 0.3) is 8.80 Å². The lowest BCUT2D eigenvalue weighted by Crippen LogP contribution is -2.44. The van der Waals surface area contributed by atoms with Crippen molar-refractivity contribution in [3.63, 3.8) is 0 Å². The highest BCUT2D eigenvalue weighted by atomic mass is 28.3. The first-order valence-corrected chi connectivity index (χ1v) is 6.37. The zero-order valence-corrected chi connectivity index (χ0v) is 10.8. The Kier molecular flexibility index (Phi) is 5.84. The van der Waals surface area contributed by atoms with Crippen molar-refractivity contribution in [2.24, 2.45) is 0 Å². The molecule has 0 spiro atoms. The molecular formula is C10H12O6Si. The van der Waals surface area contributed by atoms with Crippen molar-refractivity contribution in [3.8, 4) is 12.0 Å². The molecule has 0 aromatic heterocycles. The third-order valence-corrected chi connectivity index (χ3v) is 3.62. The number of carbonyl (C=O) groups excluding carboxylic acids is 4. The van der Waals surface area contributed by atoms with E-state index in [9.17, 15) is 19.2 Å². The van der Waals surface area contributed by atoms with Crippen LogP contribution < -0.4 is 0 Å². The average Bonchev–Trinajstić information content (AvgIpc) is 2.15. The highest BCUT2D eigenvalue weighted by molar-refractivity contribution is 7.16. The van der Waals surface area contributed by atoms with E-state index in [0.29, 0.717) is 0 Å². The second kappa shape index (κ2) is 6.60. The van der Waals surface area contributed by atoms with Gasteiger partial charge in [0.2, 0.25) is 5.41 Å². The summed E-state index contributed by atoms with van der Waals surface area (Å²) in [5.74, 6) is -1.61. The largest absolute Gasteiger partial charge is 0.418 e. The maximum atomic E-state index is 11.7. The maximum absolute atomic E-state index is 11.7. The first-order valence-electron chi connectivity index (χ1n) is 4.64. The molecule has 0 N–H and O–H groups in total. The fraction of sp³-hybridized carbons (Fsp3) is 0.400. The molecule has 0 saturated heterocycles. The zero-order valence-electron chi connectivity index (χ0n) is 9.68. The number of esters is 2. The smallest absolute Gasteiger partial charge is 0.306 e. The Labute approximate surface area is 99.9 Å². The summed E-state index contributed by atoms with van der Waals surface area (Å²) >= 11 is 0. The molecular weight excluding hydrogens is 244 g/mol. The lowest BCUT2D eigenvalue weighted by Gasteiger charge is -2.16. The Bertz CT molecular complexity index is 378. The number of terminal acetylenes is 1. The fourth-order valence-electron chi connectivity index (χ4n) is 0.978. The predicted molar refractivity (Wildman–Crippen MR) is 59.0 cm³/mol. The minimum Gasteiger partial charge on any atom is -0.418 e. The van der Waals surface area contributed by atoms with Crippen LogP contribution in [0.2, 0.25) is 0 Å². The van der Waals surface area contributed by atoms with Crippen LogP contribution in [0.3, 0.4) is 0 Å². The summed E-state index contributed by atoms with van der Waals surface area (Å²) in [7, 11) is -2.86. The van der Waals surface area contributed by atoms with Gasteiger partial charge < -0.3 is 14.3 Å². The van der Waals surface area contributed by atoms with E-state index in [1.807, 2.05) is 0 Å². The van der Waals surface area contributed by atoms with Crippen LogP contribution in [0.25, 0.3) is 0 Å². The van der Waals surface area contributed by atoms with Crippen LogP contribution in [0.15, 0.2) is 0 Å². The van der Waals surface area contributed by atoms with Crippen molar-refractivity contribution >= 4 is 31.5 Å². The Morgan fingerprint density at radius 2 is 1.47 bits per heavy atom. The van der Waals surface area contributed by atoms with Crippen molar-refractivity contribution in [1.82, 2.24) is 0 Å². The molecule has 1 unspecified atom stereocenters. The molecule has 0 fully saturated rings. The highest BCUT2D eigenvalue weighted by Crippen LogP contribution is 2.02. The first kappa shape index (κ1) is 15.1. The molecule has 1 atom stereocenters. The van der Waals surface area contributed by atoms with Crippen LogP contribution in [-0.4, -0.2) is 37.8 Å². The molecule has 0 aliphatic heterocycles. The summed E-state index contributed by atoms with van der Waals surface area (Å²) in [6.07, 6.45) is 3.34. The van der Waals surface area contributed by atoms with Gasteiger partial charge >= 0.3 is 18.2 Å². The molecule has 0 bridgehead atoms. The van der Waals surface area contributed by atoms with Gasteiger partial charge in [-0.15, -0.1) is 12.0 Å². The van der Waals surface area contributed by atoms with E-state index in [4.69, 9.17) is 6.42 Å². The Hall–Kier alpha value is -1.94. The quantitative estimate of drug-likeness (QED) is 0.273. The number of carbonyl (C=O) groups is 4. The lowest BCUT2D eigenvalue weighted by molar-refractivity contribution is -0.186. The van der Waals surface area contributed by atoms with E-state index in [1.165, 1.54) is 6.92 Å². The molecule has 0 aliphatic carbocycles. The summed E-state index contributed by atoms with van der Waals surface area (Å²) in [5.41, 5.74) is 2.09. The van der Waals surface area contributed by atoms with Gasteiger partial charge in [0.15, 0.2) is 0 Å². The second-order valence-electron chi connectivity index (χ2n) is 3.16. The van der Waals surface area contributed by atoms with Gasteiger partial charge in [-0.05, 0) is 6.92 Å². The number of rotatable bonds is 5. The molecule has 0 rings (SSSR count). The molecule has 17 heavy (non-hydrogen) atoms. The maximum Gasteiger partial charge on any atom is 0.306 e. The van der Waals surface area contributed by atoms with E-state index in [1.54, 1.807) is 0 Å². The second-order valence-corrected chi connectivity index (χ2v) is 5.74. The van der Waals surface area contributed by atoms with Gasteiger partial charge in [-0.25, -0.2) is 0 Å². The van der Waals surface area contributed by atoms with Crippen LogP contribution in [0.4, 0.5) is 0 Å². The van der Waals surface area contributed by atoms with Crippen LogP contribution in [0, 0.1) is 12.0 Å². The molecule has 0 aromatic rings. The lowest BCUT2D eigenvalue weighted by atomic mass is 10.6. The molecule has 7 heteroatoms. The molecule has 0 amide bonds. The molecule has 0 radical (unpaired) electrons. The van der Waals surface area contributed by atoms with Crippen molar-refractivity contribution < 1.29 is 28.7 Å². The molecule has 92 valence electrons. The van der Waals surface area contributed by atoms with Gasteiger partial charge in [-0.3, -0.25) is 14.4 Å².